The van der Waals surface area contributed by atoms with Gasteiger partial charge in [0.15, 0.2) is 0 Å². The minimum absolute atomic E-state index is 1.09. The maximum atomic E-state index is 2.28. The molecule has 3 aromatic carbocycles. The van der Waals surface area contributed by atoms with Gasteiger partial charge in [-0.3, -0.25) is 0 Å². The van der Waals surface area contributed by atoms with Gasteiger partial charge in [0.05, 0.1) is 0 Å². The zero-order valence-corrected chi connectivity index (χ0v) is 13.3. The molecule has 3 rings (SSSR count). The molecule has 0 atom stereocenters. The molecule has 3 aromatic rings. The van der Waals surface area contributed by atoms with Gasteiger partial charge in [-0.2, -0.15) is 0 Å². The Morgan fingerprint density at radius 1 is 0.500 bits per heavy atom. The van der Waals surface area contributed by atoms with E-state index >= 15 is 0 Å². The number of hydrogen-bond donors (Lipinski definition) is 0. The van der Waals surface area contributed by atoms with Crippen molar-refractivity contribution in [3.05, 3.63) is 83.9 Å². The monoisotopic (exact) mass is 286 g/mol. The zero-order chi connectivity index (χ0) is 15.4. The van der Waals surface area contributed by atoms with Crippen molar-refractivity contribution in [2.24, 2.45) is 0 Å². The lowest BCUT2D eigenvalue weighted by Crippen LogP contribution is -1.84. The highest BCUT2D eigenvalue weighted by atomic mass is 14.1. The van der Waals surface area contributed by atoms with Crippen LogP contribution >= 0.6 is 0 Å². The molecular weight excluding hydrogens is 264 g/mol. The average Bonchev–Trinajstić information content (AvgIpc) is 2.62. The number of benzene rings is 3. The van der Waals surface area contributed by atoms with Crippen molar-refractivity contribution in [3.63, 3.8) is 0 Å². The molecule has 22 heavy (non-hydrogen) atoms. The van der Waals surface area contributed by atoms with Crippen LogP contribution in [0, 0.1) is 0 Å². The molecule has 0 aliphatic carbocycles. The highest BCUT2D eigenvalue weighted by Gasteiger charge is 2.02. The fraction of sp³-hybridized carbons (Fsp3) is 0.182. The molecule has 0 saturated heterocycles. The SMILES string of the molecule is CCc1ccc(-c2cccc(-c3ccc(CC)cc3)c2)cc1. The van der Waals surface area contributed by atoms with Gasteiger partial charge in [-0.25, -0.2) is 0 Å². The topological polar surface area (TPSA) is 0 Å². The summed E-state index contributed by atoms with van der Waals surface area (Å²) in [5.74, 6) is 0. The van der Waals surface area contributed by atoms with Crippen LogP contribution in [0.5, 0.6) is 0 Å². The molecule has 0 heteroatoms. The van der Waals surface area contributed by atoms with E-state index < -0.39 is 0 Å². The van der Waals surface area contributed by atoms with E-state index in [4.69, 9.17) is 0 Å². The van der Waals surface area contributed by atoms with E-state index in [9.17, 15) is 0 Å². The van der Waals surface area contributed by atoms with Crippen LogP contribution in [-0.4, -0.2) is 0 Å². The highest BCUT2D eigenvalue weighted by molar-refractivity contribution is 5.73. The van der Waals surface area contributed by atoms with Crippen molar-refractivity contribution in [3.8, 4) is 22.3 Å². The highest BCUT2D eigenvalue weighted by Crippen LogP contribution is 2.27. The van der Waals surface area contributed by atoms with Crippen molar-refractivity contribution in [1.82, 2.24) is 0 Å². The first-order valence-electron chi connectivity index (χ1n) is 8.09. The molecule has 110 valence electrons. The van der Waals surface area contributed by atoms with Crippen molar-refractivity contribution < 1.29 is 0 Å². The molecule has 0 aliphatic heterocycles. The van der Waals surface area contributed by atoms with E-state index in [-0.39, 0.29) is 0 Å². The van der Waals surface area contributed by atoms with E-state index in [1.54, 1.807) is 0 Å². The summed E-state index contributed by atoms with van der Waals surface area (Å²) in [7, 11) is 0. The second-order valence-electron chi connectivity index (χ2n) is 5.68. The fourth-order valence-corrected chi connectivity index (χ4v) is 2.74. The first kappa shape index (κ1) is 14.6. The van der Waals surface area contributed by atoms with Crippen LogP contribution < -0.4 is 0 Å². The third-order valence-corrected chi connectivity index (χ3v) is 4.25. The van der Waals surface area contributed by atoms with Crippen molar-refractivity contribution >= 4 is 0 Å². The lowest BCUT2D eigenvalue weighted by molar-refractivity contribution is 1.14. The number of aryl methyl sites for hydroxylation is 2. The van der Waals surface area contributed by atoms with E-state index in [0.29, 0.717) is 0 Å². The van der Waals surface area contributed by atoms with E-state index in [1.807, 2.05) is 0 Å². The first-order chi connectivity index (χ1) is 10.8. The largest absolute Gasteiger partial charge is 0.0613 e. The zero-order valence-electron chi connectivity index (χ0n) is 13.3. The Hall–Kier alpha value is -2.34. The van der Waals surface area contributed by atoms with Gasteiger partial charge in [0.25, 0.3) is 0 Å². The van der Waals surface area contributed by atoms with Gasteiger partial charge in [0, 0.05) is 0 Å². The Balaban J connectivity index is 1.93. The van der Waals surface area contributed by atoms with Crippen molar-refractivity contribution in [1.29, 1.82) is 0 Å². The Kier molecular flexibility index (Phi) is 4.39. The average molecular weight is 286 g/mol. The van der Waals surface area contributed by atoms with Crippen LogP contribution in [0.4, 0.5) is 0 Å². The summed E-state index contributed by atoms with van der Waals surface area (Å²) in [5, 5.41) is 0. The Morgan fingerprint density at radius 2 is 0.909 bits per heavy atom. The molecule has 0 radical (unpaired) electrons. The maximum absolute atomic E-state index is 2.28. The molecule has 0 N–H and O–H groups in total. The summed E-state index contributed by atoms with van der Waals surface area (Å²) in [6, 6.07) is 26.6. The van der Waals surface area contributed by atoms with Crippen molar-refractivity contribution in [2.45, 2.75) is 26.7 Å². The Bertz CT molecular complexity index is 671. The minimum atomic E-state index is 1.09. The summed E-state index contributed by atoms with van der Waals surface area (Å²) < 4.78 is 0. The third-order valence-electron chi connectivity index (χ3n) is 4.25. The molecule has 0 aliphatic rings. The summed E-state index contributed by atoms with van der Waals surface area (Å²) in [4.78, 5) is 0. The summed E-state index contributed by atoms with van der Waals surface area (Å²) in [5.41, 5.74) is 7.89. The molecular formula is C22H22. The molecule has 0 bridgehead atoms. The van der Waals surface area contributed by atoms with E-state index in [2.05, 4.69) is 86.6 Å². The van der Waals surface area contributed by atoms with Crippen LogP contribution in [0.15, 0.2) is 72.8 Å². The van der Waals surface area contributed by atoms with Gasteiger partial charge in [0.1, 0.15) is 0 Å². The fourth-order valence-electron chi connectivity index (χ4n) is 2.74. The van der Waals surface area contributed by atoms with E-state index in [1.165, 1.54) is 33.4 Å². The van der Waals surface area contributed by atoms with E-state index in [0.717, 1.165) is 12.8 Å². The van der Waals surface area contributed by atoms with Gasteiger partial charge in [-0.1, -0.05) is 80.6 Å². The lowest BCUT2D eigenvalue weighted by Gasteiger charge is -2.07. The van der Waals surface area contributed by atoms with Gasteiger partial charge in [-0.05, 0) is 52.3 Å². The summed E-state index contributed by atoms with van der Waals surface area (Å²) in [6.45, 7) is 4.38. The summed E-state index contributed by atoms with van der Waals surface area (Å²) in [6.07, 6.45) is 2.17. The lowest BCUT2D eigenvalue weighted by atomic mass is 9.97. The molecule has 0 fully saturated rings. The molecule has 0 spiro atoms. The maximum Gasteiger partial charge on any atom is -0.0178 e. The Labute approximate surface area is 133 Å². The second kappa shape index (κ2) is 6.62. The minimum Gasteiger partial charge on any atom is -0.0613 e. The predicted octanol–water partition coefficient (Wildman–Crippen LogP) is 6.15. The van der Waals surface area contributed by atoms with Crippen LogP contribution in [0.2, 0.25) is 0 Å². The molecule has 0 aromatic heterocycles. The second-order valence-corrected chi connectivity index (χ2v) is 5.68. The van der Waals surface area contributed by atoms with Crippen LogP contribution in [-0.2, 0) is 12.8 Å². The standard InChI is InChI=1S/C22H22/c1-3-17-8-12-19(13-9-17)21-6-5-7-22(16-21)20-14-10-18(4-2)11-15-20/h5-16H,3-4H2,1-2H3. The normalized spacial score (nSPS) is 10.6. The Morgan fingerprint density at radius 3 is 1.27 bits per heavy atom. The molecule has 0 amide bonds. The third kappa shape index (κ3) is 3.12. The predicted molar refractivity (Wildman–Crippen MR) is 96.1 cm³/mol. The number of hydrogen-bond acceptors (Lipinski definition) is 0. The molecule has 0 heterocycles. The quantitative estimate of drug-likeness (QED) is 0.540. The van der Waals surface area contributed by atoms with Gasteiger partial charge >= 0.3 is 0 Å². The molecule has 0 saturated carbocycles. The van der Waals surface area contributed by atoms with Crippen LogP contribution in [0.1, 0.15) is 25.0 Å². The van der Waals surface area contributed by atoms with Gasteiger partial charge in [-0.15, -0.1) is 0 Å². The summed E-state index contributed by atoms with van der Waals surface area (Å²) >= 11 is 0. The molecule has 0 unspecified atom stereocenters. The molecule has 0 nitrogen and oxygen atoms in total. The van der Waals surface area contributed by atoms with Crippen LogP contribution in [0.25, 0.3) is 22.3 Å². The first-order valence-corrected chi connectivity index (χ1v) is 8.09. The van der Waals surface area contributed by atoms with Gasteiger partial charge < -0.3 is 0 Å². The number of rotatable bonds is 4. The van der Waals surface area contributed by atoms with Crippen molar-refractivity contribution in [2.75, 3.05) is 0 Å². The van der Waals surface area contributed by atoms with Crippen LogP contribution in [0.3, 0.4) is 0 Å². The van der Waals surface area contributed by atoms with Gasteiger partial charge in [0.2, 0.25) is 0 Å². The smallest absolute Gasteiger partial charge is 0.0178 e.